The third kappa shape index (κ3) is 31.8. The van der Waals surface area contributed by atoms with Crippen LogP contribution in [0.1, 0.15) is 11.1 Å². The fourth-order valence-electron chi connectivity index (χ4n) is 13.6. The molecule has 4 amide bonds. The summed E-state index contributed by atoms with van der Waals surface area (Å²) in [6.07, 6.45) is 13.9. The standard InChI is InChI=1S/3C25H22P2.2C15H10N3O3.3Cu.FH/c3*1-5-13-22(14-6-1)26(23-15-7-2-8-16-23)21-27(24-17-9-3-10-18-24)25-19-11-4-12-20-25;2*1-2-11-3-5-12(6-4-11)16-15(19)17-13-7-9-14(10-8-13)18(20)21;;;;/h3*1-20H,21H2;2*3-10H,(H2,16,17,19);;;;1H/q;;;2*-1;3*+1;/p+5. The summed E-state index contributed by atoms with van der Waals surface area (Å²) < 4.78 is 0. The van der Waals surface area contributed by atoms with Crippen molar-refractivity contribution in [2.24, 2.45) is 0 Å². The Morgan fingerprint density at radius 3 is 0.472 bits per heavy atom. The van der Waals surface area contributed by atoms with Crippen LogP contribution in [-0.2, 0) is 51.2 Å². The Hall–Kier alpha value is -12.0. The predicted molar refractivity (Wildman–Crippen MR) is 534 cm³/mol. The normalized spacial score (nSPS) is 10.2. The van der Waals surface area contributed by atoms with Crippen molar-refractivity contribution >= 4 is 157 Å². The quantitative estimate of drug-likeness (QED) is 0.0117. The summed E-state index contributed by atoms with van der Waals surface area (Å²) in [5, 5.41) is 49.4. The van der Waals surface area contributed by atoms with E-state index in [-0.39, 0.29) is 67.3 Å². The van der Waals surface area contributed by atoms with E-state index in [2.05, 4.69) is 397 Å². The Balaban J connectivity index is 0.000000196. The monoisotopic (exact) mass is 1930 g/mol. The minimum absolute atomic E-state index is 0. The Morgan fingerprint density at radius 2 is 0.354 bits per heavy atom. The van der Waals surface area contributed by atoms with Crippen LogP contribution in [-0.4, -0.2) is 39.6 Å². The fraction of sp³-hybridized carbons (Fsp3) is 0.0286. The van der Waals surface area contributed by atoms with Crippen molar-refractivity contribution in [3.8, 4) is 11.8 Å². The van der Waals surface area contributed by atoms with Gasteiger partial charge in [0.05, 0.1) is 9.85 Å². The number of carbonyl (C=O) groups is 2. The molecule has 4 N–H and O–H groups in total. The summed E-state index contributed by atoms with van der Waals surface area (Å²) in [4.78, 5) is 43.5. The second-order valence-electron chi connectivity index (χ2n) is 28.0. The summed E-state index contributed by atoms with van der Waals surface area (Å²) in [6.45, 7) is 0. The number of hydrogen-bond acceptors (Lipinski definition) is 6. The zero-order valence-corrected chi connectivity index (χ0v) is 77.5. The molecule has 0 aliphatic carbocycles. The van der Waals surface area contributed by atoms with Crippen molar-refractivity contribution in [3.05, 3.63) is 505 Å². The van der Waals surface area contributed by atoms with Gasteiger partial charge in [-0.25, -0.2) is 9.59 Å². The molecule has 642 valence electrons. The van der Waals surface area contributed by atoms with Crippen LogP contribution in [0, 0.1) is 44.9 Å². The molecule has 16 aromatic rings. The smallest absolute Gasteiger partial charge is 1.00 e. The first-order valence-electron chi connectivity index (χ1n) is 39.9. The number of nitrogens with one attached hydrogen (secondary N) is 4. The van der Waals surface area contributed by atoms with Crippen LogP contribution in [0.25, 0.3) is 0 Å². The largest absolute Gasteiger partial charge is 1.00 e. The maximum atomic E-state index is 11.7. The Morgan fingerprint density at radius 1 is 0.228 bits per heavy atom. The molecule has 0 fully saturated rings. The minimum atomic E-state index is -0.847. The summed E-state index contributed by atoms with van der Waals surface area (Å²) in [5.41, 5.74) is 3.15. The number of amides is 4. The van der Waals surface area contributed by atoms with Crippen LogP contribution in [0.15, 0.2) is 461 Å². The molecular weight excluding hydrogens is 1840 g/mol. The van der Waals surface area contributed by atoms with E-state index in [0.29, 0.717) is 33.9 Å². The van der Waals surface area contributed by atoms with Crippen molar-refractivity contribution in [1.29, 1.82) is 0 Å². The molecular formula is C105H92Cu3FN6O6P6+6. The van der Waals surface area contributed by atoms with E-state index in [9.17, 15) is 29.8 Å². The molecule has 0 unspecified atom stereocenters. The van der Waals surface area contributed by atoms with Crippen molar-refractivity contribution in [2.45, 2.75) is 0 Å². The molecule has 0 aliphatic rings. The van der Waals surface area contributed by atoms with E-state index in [1.165, 1.54) is 130 Å². The van der Waals surface area contributed by atoms with Crippen molar-refractivity contribution in [1.82, 2.24) is 0 Å². The summed E-state index contributed by atoms with van der Waals surface area (Å²) in [5.74, 6) is 8.20. The van der Waals surface area contributed by atoms with Crippen LogP contribution in [0.3, 0.4) is 0 Å². The van der Waals surface area contributed by atoms with Gasteiger partial charge in [-0.15, -0.1) is 35.4 Å². The van der Waals surface area contributed by atoms with Gasteiger partial charge < -0.3 is 38.8 Å². The van der Waals surface area contributed by atoms with Crippen LogP contribution in [0.5, 0.6) is 0 Å². The van der Waals surface area contributed by atoms with Crippen molar-refractivity contribution < 1.29 is 75.3 Å². The fourth-order valence-corrected chi connectivity index (χ4v) is 36.8. The first-order valence-corrected chi connectivity index (χ1v) is 50.2. The van der Waals surface area contributed by atoms with Crippen LogP contribution in [0.4, 0.5) is 43.7 Å². The molecule has 0 spiro atoms. The number of hydrogen-bond donors (Lipinski definition) is 4. The number of carbonyl (C=O) groups excluding carboxylic acids is 2. The van der Waals surface area contributed by atoms with Gasteiger partial charge in [0.15, 0.2) is 17.7 Å². The zero-order valence-electron chi connectivity index (χ0n) is 68.6. The molecule has 0 aromatic heterocycles. The van der Waals surface area contributed by atoms with E-state index >= 15 is 0 Å². The molecule has 0 saturated carbocycles. The molecule has 0 aliphatic heterocycles. The molecule has 12 nitrogen and oxygen atoms in total. The summed E-state index contributed by atoms with van der Waals surface area (Å²) in [6, 6.07) is 157. The molecule has 0 heterocycles. The average molecular weight is 1930 g/mol. The minimum Gasteiger partial charge on any atom is -1.00 e. The number of nitro groups is 2. The number of urea groups is 2. The molecule has 16 aromatic carbocycles. The molecule has 0 bridgehead atoms. The number of rotatable bonds is 24. The van der Waals surface area contributed by atoms with E-state index < -0.39 is 69.4 Å². The maximum absolute atomic E-state index is 11.7. The number of halogens is 1. The van der Waals surface area contributed by atoms with E-state index in [1.54, 1.807) is 48.5 Å². The van der Waals surface area contributed by atoms with Crippen LogP contribution < -0.4 is 89.6 Å². The molecule has 0 radical (unpaired) electrons. The Kier molecular flexibility index (Phi) is 43.4. The van der Waals surface area contributed by atoms with Gasteiger partial charge in [-0.1, -0.05) is 243 Å². The molecule has 0 atom stereocenters. The number of nitrogens with zero attached hydrogens (tertiary/aromatic N) is 2. The van der Waals surface area contributed by atoms with E-state index in [1.807, 2.05) is 0 Å². The number of non-ortho nitro benzene ring substituents is 2. The predicted octanol–water partition coefficient (Wildman–Crippen LogP) is 17.4. The van der Waals surface area contributed by atoms with Gasteiger partial charge >= 0.3 is 63.3 Å². The van der Waals surface area contributed by atoms with Gasteiger partial charge in [0.2, 0.25) is 0 Å². The Labute approximate surface area is 782 Å². The zero-order chi connectivity index (χ0) is 85.4. The number of benzene rings is 16. The average Bonchev–Trinajstić information content (AvgIpc) is 0.820. The summed E-state index contributed by atoms with van der Waals surface area (Å²) >= 11 is 0. The molecule has 16 rings (SSSR count). The van der Waals surface area contributed by atoms with Gasteiger partial charge in [-0.2, -0.15) is 0 Å². The second-order valence-corrected chi connectivity index (χ2v) is 44.9. The number of anilines is 4. The first-order chi connectivity index (χ1) is 60.4. The third-order valence-electron chi connectivity index (χ3n) is 19.8. The van der Waals surface area contributed by atoms with Crippen molar-refractivity contribution in [2.75, 3.05) is 39.0 Å². The van der Waals surface area contributed by atoms with Gasteiger partial charge in [-0.05, 0) is 170 Å². The van der Waals surface area contributed by atoms with Crippen molar-refractivity contribution in [3.63, 3.8) is 0 Å². The third-order valence-corrected chi connectivity index (χ3v) is 40.6. The van der Waals surface area contributed by atoms with Gasteiger partial charge in [0, 0.05) is 47.0 Å². The summed E-state index contributed by atoms with van der Waals surface area (Å²) in [7, 11) is -5.08. The van der Waals surface area contributed by atoms with Crippen LogP contribution in [0.2, 0.25) is 0 Å². The van der Waals surface area contributed by atoms with E-state index in [4.69, 9.17) is 12.8 Å². The molecule has 127 heavy (non-hydrogen) atoms. The van der Waals surface area contributed by atoms with Gasteiger partial charge in [0.25, 0.3) is 11.4 Å². The maximum Gasteiger partial charge on any atom is 1.00 e. The molecule has 0 saturated heterocycles. The second kappa shape index (κ2) is 54.8. The Bertz CT molecular complexity index is 5000. The number of nitro benzene ring substituents is 2. The van der Waals surface area contributed by atoms with Crippen LogP contribution >= 0.6 is 47.5 Å². The van der Waals surface area contributed by atoms with E-state index in [0.717, 1.165) is 0 Å². The topological polar surface area (TPSA) is 169 Å². The first kappa shape index (κ1) is 100. The molecule has 22 heteroatoms. The van der Waals surface area contributed by atoms with Gasteiger partial charge in [-0.3, -0.25) is 32.1 Å². The SMILES string of the molecule is [C-]#Cc1ccc(NC(=O)Nc2ccc([N+](=O)[O-])cc2)cc1.[C-]#Cc1ccc(NC(=O)Nc2ccc([N+](=O)[O-])cc2)cc1.[Cu+].[Cu+].[Cu+].[F-].c1ccc([PH+](C[PH+](c2ccccc2)c2ccccc2)c2ccccc2)cc1.c1ccc([PH+](C[PH+](c2ccccc2)c2ccccc2)c2ccccc2)cc1.c1ccc([PH+](C[PH+](c2ccccc2)c2ccccc2)c2ccccc2)cc1. The van der Waals surface area contributed by atoms with Gasteiger partial charge in [0.1, 0.15) is 111 Å².